The molecule has 10 heteroatoms. The summed E-state index contributed by atoms with van der Waals surface area (Å²) in [6.45, 7) is 2.75. The van der Waals surface area contributed by atoms with Crippen LogP contribution in [0.2, 0.25) is 0 Å². The van der Waals surface area contributed by atoms with E-state index in [0.29, 0.717) is 11.1 Å². The molecule has 0 fully saturated rings. The number of hydrogen-bond acceptors (Lipinski definition) is 7. The molecule has 0 aliphatic heterocycles. The Balaban J connectivity index is 2.08. The molecule has 0 aliphatic carbocycles. The van der Waals surface area contributed by atoms with E-state index < -0.39 is 30.3 Å². The molecule has 0 bridgehead atoms. The van der Waals surface area contributed by atoms with Gasteiger partial charge in [0.1, 0.15) is 10.8 Å². The number of thiophene rings is 1. The second-order valence-corrected chi connectivity index (χ2v) is 7.74. The van der Waals surface area contributed by atoms with E-state index in [-0.39, 0.29) is 28.0 Å². The summed E-state index contributed by atoms with van der Waals surface area (Å²) in [5.74, 6) is -2.86. The highest BCUT2D eigenvalue weighted by Gasteiger charge is 2.27. The van der Waals surface area contributed by atoms with Crippen molar-refractivity contribution >= 4 is 46.2 Å². The van der Waals surface area contributed by atoms with Crippen LogP contribution in [0.3, 0.4) is 0 Å². The standard InChI is InChI=1S/C22H23FN2O6S/c1-5-30-22(29)18-13(2)19(21(28)25(3)4)32-20(18)24-16(26)12-31-17(27)11-8-14-6-9-15(23)10-7-14/h6-11H,5,12H2,1-4H3,(H,24,26). The van der Waals surface area contributed by atoms with Gasteiger partial charge in [-0.25, -0.2) is 14.0 Å². The first-order chi connectivity index (χ1) is 15.1. The fourth-order valence-electron chi connectivity index (χ4n) is 2.54. The maximum absolute atomic E-state index is 12.9. The van der Waals surface area contributed by atoms with Gasteiger partial charge in [-0.1, -0.05) is 12.1 Å². The van der Waals surface area contributed by atoms with Crippen molar-refractivity contribution in [3.8, 4) is 0 Å². The quantitative estimate of drug-likeness (QED) is 0.477. The molecule has 0 aliphatic rings. The molecule has 1 N–H and O–H groups in total. The van der Waals surface area contributed by atoms with Crippen molar-refractivity contribution in [3.05, 3.63) is 57.7 Å². The van der Waals surface area contributed by atoms with Crippen LogP contribution in [-0.2, 0) is 19.1 Å². The van der Waals surface area contributed by atoms with Gasteiger partial charge in [-0.3, -0.25) is 9.59 Å². The smallest absolute Gasteiger partial charge is 0.341 e. The van der Waals surface area contributed by atoms with Crippen molar-refractivity contribution in [2.24, 2.45) is 0 Å². The summed E-state index contributed by atoms with van der Waals surface area (Å²) in [6.07, 6.45) is 2.52. The molecule has 0 spiro atoms. The molecule has 0 saturated heterocycles. The minimum atomic E-state index is -0.777. The molecule has 8 nitrogen and oxygen atoms in total. The van der Waals surface area contributed by atoms with Gasteiger partial charge in [0.05, 0.1) is 17.0 Å². The number of hydrogen-bond donors (Lipinski definition) is 1. The Labute approximate surface area is 188 Å². The van der Waals surface area contributed by atoms with E-state index in [1.165, 1.54) is 35.2 Å². The fourth-order valence-corrected chi connectivity index (χ4v) is 3.78. The number of nitrogens with one attached hydrogen (secondary N) is 1. The lowest BCUT2D eigenvalue weighted by molar-refractivity contribution is -0.142. The highest BCUT2D eigenvalue weighted by molar-refractivity contribution is 7.18. The molecule has 0 atom stereocenters. The fraction of sp³-hybridized carbons (Fsp3) is 0.273. The zero-order valence-corrected chi connectivity index (χ0v) is 18.9. The summed E-state index contributed by atoms with van der Waals surface area (Å²) in [5, 5.41) is 2.64. The number of esters is 2. The largest absolute Gasteiger partial charge is 0.462 e. The maximum Gasteiger partial charge on any atom is 0.341 e. The van der Waals surface area contributed by atoms with Crippen LogP contribution in [0, 0.1) is 12.7 Å². The third-order valence-electron chi connectivity index (χ3n) is 4.11. The van der Waals surface area contributed by atoms with Gasteiger partial charge in [-0.15, -0.1) is 11.3 Å². The Morgan fingerprint density at radius 2 is 1.78 bits per heavy atom. The van der Waals surface area contributed by atoms with E-state index in [0.717, 1.165) is 17.4 Å². The highest BCUT2D eigenvalue weighted by atomic mass is 32.1. The van der Waals surface area contributed by atoms with Gasteiger partial charge in [-0.05, 0) is 43.2 Å². The molecule has 170 valence electrons. The Hall–Kier alpha value is -3.53. The van der Waals surface area contributed by atoms with E-state index in [4.69, 9.17) is 9.47 Å². The third kappa shape index (κ3) is 6.48. The van der Waals surface area contributed by atoms with Crippen LogP contribution < -0.4 is 5.32 Å². The molecule has 0 saturated carbocycles. The van der Waals surface area contributed by atoms with Gasteiger partial charge in [0.15, 0.2) is 6.61 Å². The number of carbonyl (C=O) groups excluding carboxylic acids is 4. The van der Waals surface area contributed by atoms with Gasteiger partial charge in [0, 0.05) is 20.2 Å². The molecule has 32 heavy (non-hydrogen) atoms. The zero-order valence-electron chi connectivity index (χ0n) is 18.1. The van der Waals surface area contributed by atoms with Crippen molar-refractivity contribution in [3.63, 3.8) is 0 Å². The summed E-state index contributed by atoms with van der Waals surface area (Å²) in [7, 11) is 3.14. The van der Waals surface area contributed by atoms with Gasteiger partial charge >= 0.3 is 11.9 Å². The van der Waals surface area contributed by atoms with Crippen LogP contribution in [0.5, 0.6) is 0 Å². The molecule has 0 unspecified atom stereocenters. The molecule has 2 aromatic rings. The minimum absolute atomic E-state index is 0.0814. The van der Waals surface area contributed by atoms with E-state index >= 15 is 0 Å². The van der Waals surface area contributed by atoms with E-state index in [1.807, 2.05) is 0 Å². The number of amides is 2. The lowest BCUT2D eigenvalue weighted by atomic mass is 10.1. The zero-order chi connectivity index (χ0) is 23.8. The predicted octanol–water partition coefficient (Wildman–Crippen LogP) is 3.27. The van der Waals surface area contributed by atoms with Crippen LogP contribution in [0.4, 0.5) is 9.39 Å². The van der Waals surface area contributed by atoms with Gasteiger partial charge < -0.3 is 19.7 Å². The Kier molecular flexibility index (Phi) is 8.65. The van der Waals surface area contributed by atoms with Crippen molar-refractivity contribution < 1.29 is 33.0 Å². The molecule has 2 rings (SSSR count). The summed E-state index contributed by atoms with van der Waals surface area (Å²) < 4.78 is 22.8. The maximum atomic E-state index is 12.9. The Morgan fingerprint density at radius 3 is 2.38 bits per heavy atom. The van der Waals surface area contributed by atoms with Gasteiger partial charge in [-0.2, -0.15) is 0 Å². The van der Waals surface area contributed by atoms with Crippen molar-refractivity contribution in [2.75, 3.05) is 32.6 Å². The van der Waals surface area contributed by atoms with Gasteiger partial charge in [0.2, 0.25) is 0 Å². The van der Waals surface area contributed by atoms with E-state index in [2.05, 4.69) is 5.32 Å². The van der Waals surface area contributed by atoms with Crippen LogP contribution >= 0.6 is 11.3 Å². The van der Waals surface area contributed by atoms with Crippen LogP contribution in [0.25, 0.3) is 6.08 Å². The minimum Gasteiger partial charge on any atom is -0.462 e. The number of anilines is 1. The number of ether oxygens (including phenoxy) is 2. The first-order valence-electron chi connectivity index (χ1n) is 9.56. The lowest BCUT2D eigenvalue weighted by Crippen LogP contribution is -2.21. The normalized spacial score (nSPS) is 10.7. The van der Waals surface area contributed by atoms with Crippen molar-refractivity contribution in [1.29, 1.82) is 0 Å². The SMILES string of the molecule is CCOC(=O)c1c(NC(=O)COC(=O)C=Cc2ccc(F)cc2)sc(C(=O)N(C)C)c1C. The number of carbonyl (C=O) groups is 4. The third-order valence-corrected chi connectivity index (χ3v) is 5.30. The second-order valence-electron chi connectivity index (χ2n) is 6.72. The Bertz CT molecular complexity index is 1040. The molecular formula is C22H23FN2O6S. The first-order valence-corrected chi connectivity index (χ1v) is 10.4. The Morgan fingerprint density at radius 1 is 1.12 bits per heavy atom. The second kappa shape index (κ2) is 11.2. The summed E-state index contributed by atoms with van der Waals surface area (Å²) >= 11 is 0.939. The molecule has 1 aromatic heterocycles. The summed E-state index contributed by atoms with van der Waals surface area (Å²) in [5.41, 5.74) is 1.05. The average Bonchev–Trinajstić information content (AvgIpc) is 3.06. The van der Waals surface area contributed by atoms with Crippen LogP contribution in [-0.4, -0.2) is 56.0 Å². The number of benzene rings is 1. The number of rotatable bonds is 8. The van der Waals surface area contributed by atoms with Crippen LogP contribution in [0.1, 0.15) is 38.1 Å². The summed E-state index contributed by atoms with van der Waals surface area (Å²) in [4.78, 5) is 50.5. The average molecular weight is 462 g/mol. The topological polar surface area (TPSA) is 102 Å². The molecular weight excluding hydrogens is 439 g/mol. The molecule has 2 amide bonds. The lowest BCUT2D eigenvalue weighted by Gasteiger charge is -2.09. The van der Waals surface area contributed by atoms with E-state index in [9.17, 15) is 23.6 Å². The predicted molar refractivity (Wildman–Crippen MR) is 118 cm³/mol. The van der Waals surface area contributed by atoms with Gasteiger partial charge in [0.25, 0.3) is 11.8 Å². The highest BCUT2D eigenvalue weighted by Crippen LogP contribution is 2.34. The molecule has 0 radical (unpaired) electrons. The van der Waals surface area contributed by atoms with Crippen molar-refractivity contribution in [2.45, 2.75) is 13.8 Å². The first kappa shape index (κ1) is 24.7. The monoisotopic (exact) mass is 462 g/mol. The molecule has 1 heterocycles. The molecule has 1 aromatic carbocycles. The van der Waals surface area contributed by atoms with Crippen molar-refractivity contribution in [1.82, 2.24) is 4.90 Å². The van der Waals surface area contributed by atoms with E-state index in [1.54, 1.807) is 27.9 Å². The number of nitrogens with zero attached hydrogens (tertiary/aromatic N) is 1. The summed E-state index contributed by atoms with van der Waals surface area (Å²) in [6, 6.07) is 5.46. The number of halogens is 1. The van der Waals surface area contributed by atoms with Crippen LogP contribution in [0.15, 0.2) is 30.3 Å².